The number of aromatic hydroxyl groups is 1. The van der Waals surface area contributed by atoms with E-state index >= 15 is 0 Å². The highest BCUT2D eigenvalue weighted by atomic mass is 16.6. The van der Waals surface area contributed by atoms with E-state index in [1.807, 2.05) is 0 Å². The van der Waals surface area contributed by atoms with Crippen LogP contribution in [0.2, 0.25) is 0 Å². The zero-order valence-corrected chi connectivity index (χ0v) is 10.6. The second-order valence-corrected chi connectivity index (χ2v) is 4.11. The van der Waals surface area contributed by atoms with E-state index in [-0.39, 0.29) is 29.3 Å². The third-order valence-corrected chi connectivity index (χ3v) is 2.69. The predicted molar refractivity (Wildman–Crippen MR) is 72.2 cm³/mol. The van der Waals surface area contributed by atoms with Gasteiger partial charge in [-0.2, -0.15) is 0 Å². The van der Waals surface area contributed by atoms with E-state index in [4.69, 9.17) is 4.74 Å². The summed E-state index contributed by atoms with van der Waals surface area (Å²) in [6.07, 6.45) is 0. The molecule has 0 aromatic heterocycles. The van der Waals surface area contributed by atoms with Crippen molar-refractivity contribution >= 4 is 11.4 Å². The maximum absolute atomic E-state index is 10.9. The molecule has 0 saturated heterocycles. The first-order valence-electron chi connectivity index (χ1n) is 5.81. The first-order valence-corrected chi connectivity index (χ1v) is 5.81. The highest BCUT2D eigenvalue weighted by Gasteiger charge is 2.19. The molecule has 21 heavy (non-hydrogen) atoms. The fourth-order valence-electron chi connectivity index (χ4n) is 1.69. The van der Waals surface area contributed by atoms with Crippen molar-refractivity contribution in [1.82, 2.24) is 0 Å². The number of phenolic OH excluding ortho intramolecular Hbond substituents is 1. The van der Waals surface area contributed by atoms with Gasteiger partial charge in [-0.15, -0.1) is 0 Å². The molecule has 0 fully saturated rings. The van der Waals surface area contributed by atoms with Gasteiger partial charge >= 0.3 is 0 Å². The lowest BCUT2D eigenvalue weighted by atomic mass is 10.1. The highest BCUT2D eigenvalue weighted by molar-refractivity contribution is 5.49. The average Bonchev–Trinajstić information content (AvgIpc) is 2.44. The maximum atomic E-state index is 10.9. The molecule has 0 aliphatic rings. The van der Waals surface area contributed by atoms with Crippen LogP contribution in [0.4, 0.5) is 11.4 Å². The molecule has 0 heterocycles. The van der Waals surface area contributed by atoms with Gasteiger partial charge in [0.15, 0.2) is 0 Å². The minimum Gasteiger partial charge on any atom is -0.508 e. The minimum atomic E-state index is -0.702. The summed E-state index contributed by atoms with van der Waals surface area (Å²) in [4.78, 5) is 20.2. The van der Waals surface area contributed by atoms with Crippen molar-refractivity contribution in [2.24, 2.45) is 0 Å². The van der Waals surface area contributed by atoms with Crippen molar-refractivity contribution in [3.05, 3.63) is 68.3 Å². The van der Waals surface area contributed by atoms with E-state index < -0.39 is 9.85 Å². The average molecular weight is 290 g/mol. The van der Waals surface area contributed by atoms with Crippen LogP contribution in [0.5, 0.6) is 11.5 Å². The van der Waals surface area contributed by atoms with Gasteiger partial charge in [0, 0.05) is 12.1 Å². The molecule has 0 spiro atoms. The first-order chi connectivity index (χ1) is 9.97. The second kappa shape index (κ2) is 5.87. The molecule has 0 atom stereocenters. The van der Waals surface area contributed by atoms with E-state index in [0.717, 1.165) is 6.07 Å². The molecule has 1 N–H and O–H groups in total. The Morgan fingerprint density at radius 3 is 2.43 bits per heavy atom. The van der Waals surface area contributed by atoms with Crippen molar-refractivity contribution < 1.29 is 19.7 Å². The Hall–Kier alpha value is -3.16. The SMILES string of the molecule is O=[N+]([O-])c1ccc(COc2cccc(O)c2)c([N+](=O)[O-])c1. The zero-order chi connectivity index (χ0) is 15.4. The summed E-state index contributed by atoms with van der Waals surface area (Å²) in [6.45, 7) is -0.141. The fraction of sp³-hybridized carbons (Fsp3) is 0.0769. The lowest BCUT2D eigenvalue weighted by Crippen LogP contribution is -2.01. The highest BCUT2D eigenvalue weighted by Crippen LogP contribution is 2.26. The maximum Gasteiger partial charge on any atom is 0.282 e. The number of non-ortho nitro benzene ring substituents is 1. The number of ether oxygens (including phenoxy) is 1. The molecule has 2 aromatic rings. The van der Waals surface area contributed by atoms with Crippen LogP contribution in [-0.2, 0) is 6.61 Å². The summed E-state index contributed by atoms with van der Waals surface area (Å²) in [6, 6.07) is 9.30. The predicted octanol–water partition coefficient (Wildman–Crippen LogP) is 2.79. The molecule has 108 valence electrons. The third kappa shape index (κ3) is 3.44. The van der Waals surface area contributed by atoms with E-state index in [1.165, 1.54) is 24.3 Å². The standard InChI is InChI=1S/C13H10N2O6/c16-11-2-1-3-12(7-11)21-8-9-4-5-10(14(17)18)6-13(9)15(19)20/h1-7,16H,8H2. The molecule has 0 unspecified atom stereocenters. The van der Waals surface area contributed by atoms with Crippen LogP contribution in [0.25, 0.3) is 0 Å². The van der Waals surface area contributed by atoms with Crippen molar-refractivity contribution in [2.45, 2.75) is 6.61 Å². The fourth-order valence-corrected chi connectivity index (χ4v) is 1.69. The summed E-state index contributed by atoms with van der Waals surface area (Å²) in [5.74, 6) is 0.341. The van der Waals surface area contributed by atoms with Crippen molar-refractivity contribution in [3.8, 4) is 11.5 Å². The van der Waals surface area contributed by atoms with Crippen LogP contribution in [-0.4, -0.2) is 15.0 Å². The molecule has 2 rings (SSSR count). The molecule has 0 aliphatic heterocycles. The molecule has 0 radical (unpaired) electrons. The van der Waals surface area contributed by atoms with Crippen LogP contribution in [0, 0.1) is 20.2 Å². The Morgan fingerprint density at radius 2 is 1.81 bits per heavy atom. The van der Waals surface area contributed by atoms with Crippen LogP contribution in [0.1, 0.15) is 5.56 Å². The van der Waals surface area contributed by atoms with Gasteiger partial charge in [-0.25, -0.2) is 0 Å². The molecular formula is C13H10N2O6. The largest absolute Gasteiger partial charge is 0.508 e. The smallest absolute Gasteiger partial charge is 0.282 e. The number of hydrogen-bond acceptors (Lipinski definition) is 6. The number of phenols is 1. The van der Waals surface area contributed by atoms with Gasteiger partial charge in [0.2, 0.25) is 0 Å². The molecule has 2 aromatic carbocycles. The lowest BCUT2D eigenvalue weighted by Gasteiger charge is -2.07. The Balaban J connectivity index is 2.23. The van der Waals surface area contributed by atoms with Gasteiger partial charge in [-0.3, -0.25) is 20.2 Å². The summed E-state index contributed by atoms with van der Waals surface area (Å²) < 4.78 is 5.33. The topological polar surface area (TPSA) is 116 Å². The number of hydrogen-bond donors (Lipinski definition) is 1. The number of rotatable bonds is 5. The van der Waals surface area contributed by atoms with E-state index in [1.54, 1.807) is 12.1 Å². The van der Waals surface area contributed by atoms with Crippen molar-refractivity contribution in [3.63, 3.8) is 0 Å². The Kier molecular flexibility index (Phi) is 3.98. The first kappa shape index (κ1) is 14.3. The number of nitro groups is 2. The molecule has 0 aliphatic carbocycles. The van der Waals surface area contributed by atoms with E-state index in [2.05, 4.69) is 0 Å². The van der Waals surface area contributed by atoms with Crippen LogP contribution in [0.15, 0.2) is 42.5 Å². The van der Waals surface area contributed by atoms with Crippen LogP contribution >= 0.6 is 0 Å². The quantitative estimate of drug-likeness (QED) is 0.668. The molecule has 0 amide bonds. The van der Waals surface area contributed by atoms with Crippen LogP contribution in [0.3, 0.4) is 0 Å². The zero-order valence-electron chi connectivity index (χ0n) is 10.6. The number of benzene rings is 2. The molecular weight excluding hydrogens is 280 g/mol. The summed E-state index contributed by atoms with van der Waals surface area (Å²) in [5.41, 5.74) is -0.541. The summed E-state index contributed by atoms with van der Waals surface area (Å²) in [7, 11) is 0. The molecule has 8 heteroatoms. The monoisotopic (exact) mass is 290 g/mol. The van der Waals surface area contributed by atoms with Crippen molar-refractivity contribution in [1.29, 1.82) is 0 Å². The van der Waals surface area contributed by atoms with Gasteiger partial charge in [-0.1, -0.05) is 6.07 Å². The number of nitro benzene ring substituents is 2. The molecule has 0 bridgehead atoms. The lowest BCUT2D eigenvalue weighted by molar-refractivity contribution is -0.394. The van der Waals surface area contributed by atoms with Gasteiger partial charge in [0.05, 0.1) is 21.5 Å². The van der Waals surface area contributed by atoms with E-state index in [9.17, 15) is 25.3 Å². The van der Waals surface area contributed by atoms with Gasteiger partial charge in [-0.05, 0) is 18.2 Å². The summed E-state index contributed by atoms with van der Waals surface area (Å²) >= 11 is 0. The second-order valence-electron chi connectivity index (χ2n) is 4.11. The van der Waals surface area contributed by atoms with Crippen LogP contribution < -0.4 is 4.74 Å². The summed E-state index contributed by atoms with van der Waals surface area (Å²) in [5, 5.41) is 30.9. The molecule has 8 nitrogen and oxygen atoms in total. The van der Waals surface area contributed by atoms with Gasteiger partial charge in [0.1, 0.15) is 18.1 Å². The minimum absolute atomic E-state index is 0.00528. The number of nitrogens with zero attached hydrogens (tertiary/aromatic N) is 2. The normalized spacial score (nSPS) is 10.1. The van der Waals surface area contributed by atoms with Gasteiger partial charge in [0.25, 0.3) is 11.4 Å². The van der Waals surface area contributed by atoms with E-state index in [0.29, 0.717) is 5.75 Å². The molecule has 0 saturated carbocycles. The van der Waals surface area contributed by atoms with Crippen molar-refractivity contribution in [2.75, 3.05) is 0 Å². The Morgan fingerprint density at radius 1 is 1.05 bits per heavy atom. The Bertz CT molecular complexity index is 701. The third-order valence-electron chi connectivity index (χ3n) is 2.69. The van der Waals surface area contributed by atoms with Gasteiger partial charge < -0.3 is 9.84 Å². The Labute approximate surface area is 118 Å².